The van der Waals surface area contributed by atoms with E-state index >= 15 is 0 Å². The Bertz CT molecular complexity index is 542. The van der Waals surface area contributed by atoms with Gasteiger partial charge in [-0.25, -0.2) is 9.37 Å². The van der Waals surface area contributed by atoms with E-state index in [0.717, 1.165) is 12.8 Å². The number of rotatable bonds is 4. The van der Waals surface area contributed by atoms with E-state index < -0.39 is 11.9 Å². The zero-order valence-corrected chi connectivity index (χ0v) is 12.4. The molecule has 1 saturated heterocycles. The summed E-state index contributed by atoms with van der Waals surface area (Å²) in [5.74, 6) is -0.663. The van der Waals surface area contributed by atoms with Gasteiger partial charge in [0, 0.05) is 19.9 Å². The molecule has 0 N–H and O–H groups in total. The number of ether oxygens (including phenoxy) is 3. The molecule has 120 valence electrons. The summed E-state index contributed by atoms with van der Waals surface area (Å²) in [5, 5.41) is 0. The van der Waals surface area contributed by atoms with E-state index in [1.165, 1.54) is 25.4 Å². The average molecular weight is 310 g/mol. The van der Waals surface area contributed by atoms with Crippen molar-refractivity contribution in [1.82, 2.24) is 9.88 Å². The maximum absolute atomic E-state index is 13.8. The number of pyridine rings is 1. The summed E-state index contributed by atoms with van der Waals surface area (Å²) in [7, 11) is 1.49. The summed E-state index contributed by atoms with van der Waals surface area (Å²) < 4.78 is 30.2. The van der Waals surface area contributed by atoms with Gasteiger partial charge in [0.25, 0.3) is 5.88 Å². The van der Waals surface area contributed by atoms with Gasteiger partial charge in [-0.2, -0.15) is 0 Å². The monoisotopic (exact) mass is 310 g/mol. The lowest BCUT2D eigenvalue weighted by molar-refractivity contribution is -0.138. The zero-order valence-electron chi connectivity index (χ0n) is 12.4. The van der Waals surface area contributed by atoms with Crippen molar-refractivity contribution in [3.8, 4) is 5.88 Å². The SMILES string of the molecule is COCC(=O)N1CCO[C@H]2CC[C@H]1[C@H]2Oc1ncccc1F. The topological polar surface area (TPSA) is 60.9 Å². The molecule has 22 heavy (non-hydrogen) atoms. The van der Waals surface area contributed by atoms with E-state index in [2.05, 4.69) is 4.98 Å². The minimum atomic E-state index is -0.513. The highest BCUT2D eigenvalue weighted by Crippen LogP contribution is 2.33. The molecule has 6 nitrogen and oxygen atoms in total. The molecule has 3 rings (SSSR count). The molecule has 1 saturated carbocycles. The number of amides is 1. The minimum absolute atomic E-state index is 0.0197. The van der Waals surface area contributed by atoms with Crippen molar-refractivity contribution < 1.29 is 23.4 Å². The highest BCUT2D eigenvalue weighted by Gasteiger charge is 2.45. The van der Waals surface area contributed by atoms with E-state index in [1.54, 1.807) is 4.90 Å². The third-order valence-electron chi connectivity index (χ3n) is 4.12. The second kappa shape index (κ2) is 6.58. The van der Waals surface area contributed by atoms with Gasteiger partial charge in [-0.3, -0.25) is 4.79 Å². The Balaban J connectivity index is 1.80. The fourth-order valence-corrected chi connectivity index (χ4v) is 3.15. The van der Waals surface area contributed by atoms with Crippen LogP contribution in [0.3, 0.4) is 0 Å². The van der Waals surface area contributed by atoms with Crippen LogP contribution in [0, 0.1) is 5.82 Å². The van der Waals surface area contributed by atoms with Crippen LogP contribution in [0.25, 0.3) is 0 Å². The van der Waals surface area contributed by atoms with Crippen molar-refractivity contribution >= 4 is 5.91 Å². The lowest BCUT2D eigenvalue weighted by Crippen LogP contribution is -2.48. The van der Waals surface area contributed by atoms with Crippen molar-refractivity contribution in [2.45, 2.75) is 31.1 Å². The van der Waals surface area contributed by atoms with Gasteiger partial charge in [0.05, 0.1) is 18.8 Å². The van der Waals surface area contributed by atoms with E-state index in [0.29, 0.717) is 13.2 Å². The Morgan fingerprint density at radius 2 is 2.41 bits per heavy atom. The van der Waals surface area contributed by atoms with E-state index in [9.17, 15) is 9.18 Å². The number of carbonyl (C=O) groups is 1. The van der Waals surface area contributed by atoms with Crippen LogP contribution in [0.15, 0.2) is 18.3 Å². The van der Waals surface area contributed by atoms with Gasteiger partial charge in [-0.05, 0) is 25.0 Å². The van der Waals surface area contributed by atoms with Crippen LogP contribution in [-0.4, -0.2) is 60.9 Å². The fourth-order valence-electron chi connectivity index (χ4n) is 3.15. The minimum Gasteiger partial charge on any atom is -0.467 e. The molecule has 0 radical (unpaired) electrons. The number of halogens is 1. The molecule has 2 aliphatic rings. The first-order chi connectivity index (χ1) is 10.7. The van der Waals surface area contributed by atoms with E-state index in [-0.39, 0.29) is 30.5 Å². The molecule has 3 atom stereocenters. The first-order valence-electron chi connectivity index (χ1n) is 7.38. The van der Waals surface area contributed by atoms with Gasteiger partial charge in [0.1, 0.15) is 12.7 Å². The predicted molar refractivity (Wildman–Crippen MR) is 75.0 cm³/mol. The Labute approximate surface area is 128 Å². The number of aromatic nitrogens is 1. The number of hydrogen-bond acceptors (Lipinski definition) is 5. The second-order valence-electron chi connectivity index (χ2n) is 5.45. The van der Waals surface area contributed by atoms with Gasteiger partial charge >= 0.3 is 0 Å². The van der Waals surface area contributed by atoms with Crippen molar-refractivity contribution in [3.63, 3.8) is 0 Å². The molecule has 1 aromatic heterocycles. The molecule has 2 bridgehead atoms. The summed E-state index contributed by atoms with van der Waals surface area (Å²) in [6.45, 7) is 0.959. The van der Waals surface area contributed by atoms with Crippen LogP contribution in [-0.2, 0) is 14.3 Å². The van der Waals surface area contributed by atoms with Crippen LogP contribution in [0.4, 0.5) is 4.39 Å². The second-order valence-corrected chi connectivity index (χ2v) is 5.45. The molecule has 2 heterocycles. The van der Waals surface area contributed by atoms with Gasteiger partial charge in [-0.15, -0.1) is 0 Å². The molecular formula is C15H19FN2O4. The normalized spacial score (nSPS) is 27.5. The molecule has 1 aliphatic carbocycles. The maximum Gasteiger partial charge on any atom is 0.250 e. The predicted octanol–water partition coefficient (Wildman–Crippen LogP) is 1.00. The van der Waals surface area contributed by atoms with Gasteiger partial charge in [-0.1, -0.05) is 0 Å². The highest BCUT2D eigenvalue weighted by molar-refractivity contribution is 5.78. The summed E-state index contributed by atoms with van der Waals surface area (Å²) in [6, 6.07) is 2.67. The summed E-state index contributed by atoms with van der Waals surface area (Å²) in [6.07, 6.45) is 2.46. The van der Waals surface area contributed by atoms with Crippen LogP contribution in [0.5, 0.6) is 5.88 Å². The quantitative estimate of drug-likeness (QED) is 0.830. The number of methoxy groups -OCH3 is 1. The lowest BCUT2D eigenvalue weighted by atomic mass is 10.1. The third kappa shape index (κ3) is 2.91. The number of fused-ring (bicyclic) bond motifs is 2. The molecule has 7 heteroatoms. The molecule has 0 unspecified atom stereocenters. The van der Waals surface area contributed by atoms with Gasteiger partial charge in [0.2, 0.25) is 5.91 Å². The molecule has 1 aromatic rings. The maximum atomic E-state index is 13.8. The molecule has 0 spiro atoms. The van der Waals surface area contributed by atoms with Crippen molar-refractivity contribution in [3.05, 3.63) is 24.1 Å². The number of nitrogens with zero attached hydrogens (tertiary/aromatic N) is 2. The Hall–Kier alpha value is -1.73. The molecule has 1 aliphatic heterocycles. The van der Waals surface area contributed by atoms with Crippen LogP contribution >= 0.6 is 0 Å². The average Bonchev–Trinajstić information content (AvgIpc) is 2.77. The summed E-state index contributed by atoms with van der Waals surface area (Å²) >= 11 is 0. The largest absolute Gasteiger partial charge is 0.467 e. The molecule has 1 amide bonds. The fraction of sp³-hybridized carbons (Fsp3) is 0.600. The smallest absolute Gasteiger partial charge is 0.250 e. The van der Waals surface area contributed by atoms with E-state index in [1.807, 2.05) is 0 Å². The van der Waals surface area contributed by atoms with Gasteiger partial charge < -0.3 is 19.1 Å². The Morgan fingerprint density at radius 1 is 1.55 bits per heavy atom. The van der Waals surface area contributed by atoms with Crippen molar-refractivity contribution in [1.29, 1.82) is 0 Å². The zero-order chi connectivity index (χ0) is 15.5. The van der Waals surface area contributed by atoms with Gasteiger partial charge in [0.15, 0.2) is 5.82 Å². The lowest BCUT2D eigenvalue weighted by Gasteiger charge is -2.31. The summed E-state index contributed by atoms with van der Waals surface area (Å²) in [4.78, 5) is 17.9. The molecule has 2 fully saturated rings. The van der Waals surface area contributed by atoms with Crippen molar-refractivity contribution in [2.24, 2.45) is 0 Å². The Morgan fingerprint density at radius 3 is 3.18 bits per heavy atom. The Kier molecular flexibility index (Phi) is 4.54. The first-order valence-corrected chi connectivity index (χ1v) is 7.38. The highest BCUT2D eigenvalue weighted by atomic mass is 19.1. The molecular weight excluding hydrogens is 291 g/mol. The van der Waals surface area contributed by atoms with Crippen LogP contribution in [0.1, 0.15) is 12.8 Å². The molecule has 0 aromatic carbocycles. The van der Waals surface area contributed by atoms with E-state index in [4.69, 9.17) is 14.2 Å². The van der Waals surface area contributed by atoms with Crippen LogP contribution < -0.4 is 4.74 Å². The third-order valence-corrected chi connectivity index (χ3v) is 4.12. The standard InChI is InChI=1S/C15H19FN2O4/c1-20-9-13(19)18-7-8-21-12-5-4-11(18)14(12)22-15-10(16)3-2-6-17-15/h2-3,6,11-12,14H,4-5,7-9H2,1H3/t11-,12-,14+/m0/s1. The number of hydrogen-bond donors (Lipinski definition) is 0. The van der Waals surface area contributed by atoms with Crippen LogP contribution in [0.2, 0.25) is 0 Å². The number of carbonyl (C=O) groups excluding carboxylic acids is 1. The van der Waals surface area contributed by atoms with Crippen molar-refractivity contribution in [2.75, 3.05) is 26.9 Å². The first kappa shape index (κ1) is 15.2. The summed E-state index contributed by atoms with van der Waals surface area (Å²) in [5.41, 5.74) is 0.